The zero-order valence-electron chi connectivity index (χ0n) is 9.58. The van der Waals surface area contributed by atoms with Crippen molar-refractivity contribution in [1.82, 2.24) is 0 Å². The molecule has 4 nitrogen and oxygen atoms in total. The highest BCUT2D eigenvalue weighted by molar-refractivity contribution is 5.93. The number of nitrogens with two attached hydrogens (primary N) is 1. The lowest BCUT2D eigenvalue weighted by atomic mass is 9.99. The zero-order chi connectivity index (χ0) is 13.0. The molecule has 18 heavy (non-hydrogen) atoms. The van der Waals surface area contributed by atoms with Crippen LogP contribution in [0.3, 0.4) is 0 Å². The van der Waals surface area contributed by atoms with Gasteiger partial charge in [-0.3, -0.25) is 0 Å². The largest absolute Gasteiger partial charge is 0.478 e. The third-order valence-corrected chi connectivity index (χ3v) is 2.59. The molecule has 0 radical (unpaired) electrons. The Bertz CT molecular complexity index is 606. The molecule has 0 fully saturated rings. The van der Waals surface area contributed by atoms with Gasteiger partial charge in [-0.1, -0.05) is 36.4 Å². The van der Waals surface area contributed by atoms with Crippen molar-refractivity contribution < 1.29 is 9.90 Å². The second kappa shape index (κ2) is 5.14. The maximum atomic E-state index is 10.9. The fraction of sp³-hybridized carbons (Fsp3) is 0. The predicted octanol–water partition coefficient (Wildman–Crippen LogP) is 2.34. The molecule has 0 saturated heterocycles. The van der Waals surface area contributed by atoms with Gasteiger partial charge in [0, 0.05) is 5.56 Å². The molecule has 3 N–H and O–H groups in total. The highest BCUT2D eigenvalue weighted by atomic mass is 16.4. The van der Waals surface area contributed by atoms with Gasteiger partial charge in [-0.15, -0.1) is 0 Å². The first-order chi connectivity index (χ1) is 8.72. The van der Waals surface area contributed by atoms with E-state index in [-0.39, 0.29) is 5.56 Å². The molecular weight excluding hydrogens is 228 g/mol. The minimum Gasteiger partial charge on any atom is -0.478 e. The van der Waals surface area contributed by atoms with E-state index < -0.39 is 5.97 Å². The Labute approximate surface area is 104 Å². The van der Waals surface area contributed by atoms with Gasteiger partial charge in [0.25, 0.3) is 0 Å². The lowest BCUT2D eigenvalue weighted by Gasteiger charge is -2.06. The van der Waals surface area contributed by atoms with Gasteiger partial charge < -0.3 is 10.9 Å². The third-order valence-electron chi connectivity index (χ3n) is 2.59. The first-order valence-corrected chi connectivity index (χ1v) is 5.38. The second-order valence-corrected chi connectivity index (χ2v) is 3.75. The molecule has 0 aliphatic heterocycles. The molecule has 0 aliphatic rings. The molecule has 2 aromatic rings. The van der Waals surface area contributed by atoms with Gasteiger partial charge in [-0.25, -0.2) is 4.79 Å². The molecule has 0 heterocycles. The summed E-state index contributed by atoms with van der Waals surface area (Å²) >= 11 is 0. The lowest BCUT2D eigenvalue weighted by molar-refractivity contribution is 0.0697. The van der Waals surface area contributed by atoms with E-state index in [0.717, 1.165) is 16.7 Å². The Kier molecular flexibility index (Phi) is 3.38. The van der Waals surface area contributed by atoms with Gasteiger partial charge in [0.05, 0.1) is 11.8 Å². The second-order valence-electron chi connectivity index (χ2n) is 3.75. The van der Waals surface area contributed by atoms with E-state index in [1.807, 2.05) is 30.3 Å². The van der Waals surface area contributed by atoms with Crippen molar-refractivity contribution in [3.8, 4) is 11.1 Å². The Morgan fingerprint density at radius 3 is 2.67 bits per heavy atom. The first kappa shape index (κ1) is 11.9. The third kappa shape index (κ3) is 2.38. The summed E-state index contributed by atoms with van der Waals surface area (Å²) in [4.78, 5) is 10.9. The molecule has 2 rings (SSSR count). The van der Waals surface area contributed by atoms with Crippen molar-refractivity contribution in [3.05, 3.63) is 59.7 Å². The molecule has 0 atom stereocenters. The number of hydrogen-bond acceptors (Lipinski definition) is 3. The van der Waals surface area contributed by atoms with E-state index in [2.05, 4.69) is 5.10 Å². The van der Waals surface area contributed by atoms with Crippen LogP contribution in [0.1, 0.15) is 15.9 Å². The summed E-state index contributed by atoms with van der Waals surface area (Å²) in [5.41, 5.74) is 2.83. The summed E-state index contributed by atoms with van der Waals surface area (Å²) < 4.78 is 0. The van der Waals surface area contributed by atoms with Crippen LogP contribution >= 0.6 is 0 Å². The molecule has 0 saturated carbocycles. The fourth-order valence-corrected chi connectivity index (χ4v) is 1.77. The van der Waals surface area contributed by atoms with Crippen LogP contribution in [0.4, 0.5) is 0 Å². The number of benzene rings is 2. The molecule has 0 aliphatic carbocycles. The maximum absolute atomic E-state index is 10.9. The van der Waals surface area contributed by atoms with Crippen LogP contribution in [0.2, 0.25) is 0 Å². The van der Waals surface area contributed by atoms with Crippen LogP contribution < -0.4 is 5.84 Å². The highest BCUT2D eigenvalue weighted by Crippen LogP contribution is 2.23. The normalized spacial score (nSPS) is 10.7. The number of hydrazone groups is 1. The summed E-state index contributed by atoms with van der Waals surface area (Å²) in [5, 5.41) is 12.5. The van der Waals surface area contributed by atoms with E-state index in [0.29, 0.717) is 0 Å². The molecule has 2 aromatic carbocycles. The monoisotopic (exact) mass is 240 g/mol. The molecule has 0 spiro atoms. The van der Waals surface area contributed by atoms with E-state index in [4.69, 9.17) is 10.9 Å². The highest BCUT2D eigenvalue weighted by Gasteiger charge is 2.07. The van der Waals surface area contributed by atoms with Gasteiger partial charge in [0.15, 0.2) is 0 Å². The van der Waals surface area contributed by atoms with Crippen molar-refractivity contribution in [2.24, 2.45) is 10.9 Å². The Hall–Kier alpha value is -2.62. The van der Waals surface area contributed by atoms with Crippen molar-refractivity contribution in [2.45, 2.75) is 0 Å². The van der Waals surface area contributed by atoms with E-state index in [1.165, 1.54) is 0 Å². The molecule has 0 aromatic heterocycles. The zero-order valence-corrected chi connectivity index (χ0v) is 9.58. The first-order valence-electron chi connectivity index (χ1n) is 5.38. The van der Waals surface area contributed by atoms with Crippen molar-refractivity contribution in [1.29, 1.82) is 0 Å². The number of carbonyl (C=O) groups is 1. The van der Waals surface area contributed by atoms with Gasteiger partial charge in [-0.2, -0.15) is 5.10 Å². The standard InChI is InChI=1S/C14H12N2O2/c15-16-9-12-4-1-2-7-13(12)10-5-3-6-11(8-10)14(17)18/h1-9H,15H2,(H,17,18). The summed E-state index contributed by atoms with van der Waals surface area (Å²) in [6.45, 7) is 0. The lowest BCUT2D eigenvalue weighted by Crippen LogP contribution is -1.97. The van der Waals surface area contributed by atoms with Gasteiger partial charge in [-0.05, 0) is 23.3 Å². The quantitative estimate of drug-likeness (QED) is 0.491. The number of nitrogens with zero attached hydrogens (tertiary/aromatic N) is 1. The minimum atomic E-state index is -0.943. The molecule has 0 unspecified atom stereocenters. The van der Waals surface area contributed by atoms with Crippen LogP contribution in [0.15, 0.2) is 53.6 Å². The number of hydrogen-bond donors (Lipinski definition) is 2. The van der Waals surface area contributed by atoms with Crippen LogP contribution in [-0.4, -0.2) is 17.3 Å². The molecule has 0 amide bonds. The fourth-order valence-electron chi connectivity index (χ4n) is 1.77. The molecular formula is C14H12N2O2. The van der Waals surface area contributed by atoms with Crippen LogP contribution in [0, 0.1) is 0 Å². The van der Waals surface area contributed by atoms with Gasteiger partial charge in [0.2, 0.25) is 0 Å². The average molecular weight is 240 g/mol. The van der Waals surface area contributed by atoms with Crippen LogP contribution in [0.25, 0.3) is 11.1 Å². The molecule has 90 valence electrons. The number of rotatable bonds is 3. The van der Waals surface area contributed by atoms with Crippen molar-refractivity contribution in [3.63, 3.8) is 0 Å². The van der Waals surface area contributed by atoms with Gasteiger partial charge >= 0.3 is 5.97 Å². The smallest absolute Gasteiger partial charge is 0.335 e. The van der Waals surface area contributed by atoms with Gasteiger partial charge in [0.1, 0.15) is 0 Å². The average Bonchev–Trinajstić information content (AvgIpc) is 2.40. The summed E-state index contributed by atoms with van der Waals surface area (Å²) in [5.74, 6) is 4.22. The number of aromatic carboxylic acids is 1. The Morgan fingerprint density at radius 2 is 1.94 bits per heavy atom. The topological polar surface area (TPSA) is 75.7 Å². The maximum Gasteiger partial charge on any atom is 0.335 e. The summed E-state index contributed by atoms with van der Waals surface area (Å²) in [6, 6.07) is 14.3. The minimum absolute atomic E-state index is 0.256. The van der Waals surface area contributed by atoms with Crippen molar-refractivity contribution in [2.75, 3.05) is 0 Å². The van der Waals surface area contributed by atoms with Crippen molar-refractivity contribution >= 4 is 12.2 Å². The van der Waals surface area contributed by atoms with E-state index >= 15 is 0 Å². The summed E-state index contributed by atoms with van der Waals surface area (Å²) in [7, 11) is 0. The molecule has 4 heteroatoms. The summed E-state index contributed by atoms with van der Waals surface area (Å²) in [6.07, 6.45) is 1.54. The SMILES string of the molecule is NN=Cc1ccccc1-c1cccc(C(=O)O)c1. The Balaban J connectivity index is 2.55. The van der Waals surface area contributed by atoms with E-state index in [1.54, 1.807) is 24.4 Å². The predicted molar refractivity (Wildman–Crippen MR) is 70.6 cm³/mol. The van der Waals surface area contributed by atoms with E-state index in [9.17, 15) is 4.79 Å². The van der Waals surface area contributed by atoms with Crippen LogP contribution in [-0.2, 0) is 0 Å². The number of carboxylic acids is 1. The molecule has 0 bridgehead atoms. The Morgan fingerprint density at radius 1 is 1.17 bits per heavy atom. The number of carboxylic acid groups (broad SMARTS) is 1. The van der Waals surface area contributed by atoms with Crippen LogP contribution in [0.5, 0.6) is 0 Å².